The fraction of sp³-hybridized carbons (Fsp3) is 1.00. The molecule has 1 heterocycles. The van der Waals surface area contributed by atoms with Crippen LogP contribution in [0.5, 0.6) is 0 Å². The average Bonchev–Trinajstić information content (AvgIpc) is 2.18. The monoisotopic (exact) mass is 214 g/mol. The Bertz CT molecular complexity index is 165. The van der Waals surface area contributed by atoms with Gasteiger partial charge in [0, 0.05) is 11.3 Å². The van der Waals surface area contributed by atoms with Crippen LogP contribution in [0.1, 0.15) is 44.9 Å². The van der Waals surface area contributed by atoms with Crippen LogP contribution >= 0.6 is 11.8 Å². The predicted octanol–water partition coefficient (Wildman–Crippen LogP) is 2.29. The van der Waals surface area contributed by atoms with Gasteiger partial charge in [-0.15, -0.1) is 0 Å². The summed E-state index contributed by atoms with van der Waals surface area (Å²) in [6.07, 6.45) is 9.81. The fourth-order valence-corrected chi connectivity index (χ4v) is 3.93. The summed E-state index contributed by atoms with van der Waals surface area (Å²) in [5.74, 6) is 7.98. The van der Waals surface area contributed by atoms with Crippen LogP contribution in [0.15, 0.2) is 0 Å². The summed E-state index contributed by atoms with van der Waals surface area (Å²) >= 11 is 2.13. The maximum absolute atomic E-state index is 5.67. The van der Waals surface area contributed by atoms with Gasteiger partial charge in [-0.1, -0.05) is 25.7 Å². The van der Waals surface area contributed by atoms with Gasteiger partial charge >= 0.3 is 0 Å². The van der Waals surface area contributed by atoms with E-state index < -0.39 is 0 Å². The molecule has 1 saturated heterocycles. The molecule has 0 radical (unpaired) electrons. The second-order valence-corrected chi connectivity index (χ2v) is 6.06. The smallest absolute Gasteiger partial charge is 0.0332 e. The summed E-state index contributed by atoms with van der Waals surface area (Å²) in [6, 6.07) is 0.575. The van der Waals surface area contributed by atoms with Crippen molar-refractivity contribution >= 4 is 11.8 Å². The van der Waals surface area contributed by atoms with E-state index >= 15 is 0 Å². The zero-order valence-corrected chi connectivity index (χ0v) is 9.69. The highest BCUT2D eigenvalue weighted by molar-refractivity contribution is 8.00. The van der Waals surface area contributed by atoms with E-state index in [2.05, 4.69) is 17.2 Å². The molecule has 0 aromatic carbocycles. The molecule has 2 atom stereocenters. The van der Waals surface area contributed by atoms with Crippen LogP contribution in [0.4, 0.5) is 0 Å². The van der Waals surface area contributed by atoms with Crippen molar-refractivity contribution < 1.29 is 0 Å². The molecule has 0 spiro atoms. The summed E-state index contributed by atoms with van der Waals surface area (Å²) in [5, 5.41) is 0.786. The van der Waals surface area contributed by atoms with Gasteiger partial charge in [-0.05, 0) is 30.9 Å². The molecule has 2 nitrogen and oxygen atoms in total. The van der Waals surface area contributed by atoms with Gasteiger partial charge < -0.3 is 0 Å². The molecule has 82 valence electrons. The van der Waals surface area contributed by atoms with E-state index in [0.717, 1.165) is 11.2 Å². The highest BCUT2D eigenvalue weighted by atomic mass is 32.2. The number of nitrogens with two attached hydrogens (primary N) is 1. The van der Waals surface area contributed by atoms with Gasteiger partial charge in [0.15, 0.2) is 0 Å². The summed E-state index contributed by atoms with van der Waals surface area (Å²) in [5.41, 5.74) is 3.05. The van der Waals surface area contributed by atoms with Crippen LogP contribution in [-0.4, -0.2) is 17.0 Å². The number of rotatable bonds is 4. The number of hydrazine groups is 1. The van der Waals surface area contributed by atoms with Gasteiger partial charge in [0.25, 0.3) is 0 Å². The fourth-order valence-electron chi connectivity index (χ4n) is 2.50. The topological polar surface area (TPSA) is 38.0 Å². The van der Waals surface area contributed by atoms with Gasteiger partial charge in [0.05, 0.1) is 0 Å². The minimum absolute atomic E-state index is 0.575. The van der Waals surface area contributed by atoms with Crippen LogP contribution in [0.2, 0.25) is 0 Å². The molecular weight excluding hydrogens is 192 g/mol. The summed E-state index contributed by atoms with van der Waals surface area (Å²) < 4.78 is 0. The molecule has 2 unspecified atom stereocenters. The van der Waals surface area contributed by atoms with Crippen LogP contribution in [0, 0.1) is 5.92 Å². The third-order valence-corrected chi connectivity index (χ3v) is 5.21. The molecule has 2 fully saturated rings. The molecule has 1 aliphatic carbocycles. The molecule has 3 N–H and O–H groups in total. The molecule has 0 amide bonds. The maximum atomic E-state index is 5.67. The third-order valence-electron chi connectivity index (χ3n) is 3.69. The lowest BCUT2D eigenvalue weighted by Crippen LogP contribution is -2.45. The van der Waals surface area contributed by atoms with Gasteiger partial charge in [0.2, 0.25) is 0 Å². The van der Waals surface area contributed by atoms with Gasteiger partial charge in [-0.25, -0.2) is 0 Å². The second-order valence-electron chi connectivity index (χ2n) is 4.71. The molecule has 1 saturated carbocycles. The Balaban J connectivity index is 1.77. The minimum Gasteiger partial charge on any atom is -0.271 e. The molecule has 2 rings (SSSR count). The Morgan fingerprint density at radius 1 is 1.21 bits per heavy atom. The maximum Gasteiger partial charge on any atom is 0.0332 e. The van der Waals surface area contributed by atoms with E-state index in [1.807, 2.05) is 0 Å². The van der Waals surface area contributed by atoms with Crippen molar-refractivity contribution in [2.24, 2.45) is 11.8 Å². The van der Waals surface area contributed by atoms with Crippen molar-refractivity contribution in [2.75, 3.05) is 5.75 Å². The van der Waals surface area contributed by atoms with Crippen molar-refractivity contribution in [3.8, 4) is 0 Å². The third kappa shape index (κ3) is 2.65. The molecule has 2 aliphatic rings. The molecule has 1 aliphatic heterocycles. The van der Waals surface area contributed by atoms with Gasteiger partial charge in [-0.2, -0.15) is 11.8 Å². The normalized spacial score (nSPS) is 31.1. The van der Waals surface area contributed by atoms with Crippen molar-refractivity contribution in [1.82, 2.24) is 5.43 Å². The molecule has 3 heteroatoms. The summed E-state index contributed by atoms with van der Waals surface area (Å²) in [4.78, 5) is 0. The lowest BCUT2D eigenvalue weighted by molar-refractivity contribution is 0.255. The Hall–Kier alpha value is 0.270. The first-order valence-electron chi connectivity index (χ1n) is 5.98. The average molecular weight is 214 g/mol. The van der Waals surface area contributed by atoms with Crippen LogP contribution in [0.3, 0.4) is 0 Å². The first kappa shape index (κ1) is 10.8. The van der Waals surface area contributed by atoms with Crippen molar-refractivity contribution in [1.29, 1.82) is 0 Å². The summed E-state index contributed by atoms with van der Waals surface area (Å²) in [6.45, 7) is 0. The van der Waals surface area contributed by atoms with E-state index in [-0.39, 0.29) is 0 Å². The van der Waals surface area contributed by atoms with Crippen molar-refractivity contribution in [2.45, 2.75) is 56.2 Å². The highest BCUT2D eigenvalue weighted by Crippen LogP contribution is 2.35. The van der Waals surface area contributed by atoms with Gasteiger partial charge in [-0.3, -0.25) is 11.3 Å². The number of nitrogens with one attached hydrogen (secondary N) is 1. The highest BCUT2D eigenvalue weighted by Gasteiger charge is 2.28. The van der Waals surface area contributed by atoms with E-state index in [9.17, 15) is 0 Å². The first-order chi connectivity index (χ1) is 6.90. The van der Waals surface area contributed by atoms with Crippen molar-refractivity contribution in [3.05, 3.63) is 0 Å². The molecule has 0 aromatic heterocycles. The Kier molecular flexibility index (Phi) is 4.14. The largest absolute Gasteiger partial charge is 0.271 e. The number of hydrogen-bond donors (Lipinski definition) is 2. The zero-order valence-electron chi connectivity index (χ0n) is 8.87. The quantitative estimate of drug-likeness (QED) is 0.557. The number of hydrogen-bond acceptors (Lipinski definition) is 3. The number of thioether (sulfide) groups is 1. The predicted molar refractivity (Wildman–Crippen MR) is 63.2 cm³/mol. The van der Waals surface area contributed by atoms with Crippen LogP contribution in [0.25, 0.3) is 0 Å². The standard InChI is InChI=1S/C11H22N2S/c12-13-10(8-9-4-3-5-9)11-6-1-2-7-14-11/h9-11,13H,1-8,12H2. The lowest BCUT2D eigenvalue weighted by Gasteiger charge is -2.34. The first-order valence-corrected chi connectivity index (χ1v) is 7.03. The van der Waals surface area contributed by atoms with E-state index in [4.69, 9.17) is 5.84 Å². The zero-order chi connectivity index (χ0) is 9.80. The second kappa shape index (κ2) is 5.38. The molecule has 14 heavy (non-hydrogen) atoms. The Labute approximate surface area is 91.4 Å². The minimum atomic E-state index is 0.575. The van der Waals surface area contributed by atoms with Crippen LogP contribution in [-0.2, 0) is 0 Å². The van der Waals surface area contributed by atoms with E-state index in [1.165, 1.54) is 50.7 Å². The summed E-state index contributed by atoms with van der Waals surface area (Å²) in [7, 11) is 0. The van der Waals surface area contributed by atoms with Crippen LogP contribution < -0.4 is 11.3 Å². The van der Waals surface area contributed by atoms with E-state index in [1.54, 1.807) is 0 Å². The Morgan fingerprint density at radius 3 is 2.57 bits per heavy atom. The molecule has 0 bridgehead atoms. The molecule has 0 aromatic rings. The Morgan fingerprint density at radius 2 is 2.07 bits per heavy atom. The SMILES string of the molecule is NNC(CC1CCC1)C1CCCCS1. The van der Waals surface area contributed by atoms with Crippen molar-refractivity contribution in [3.63, 3.8) is 0 Å². The molecular formula is C11H22N2S. The van der Waals surface area contributed by atoms with Gasteiger partial charge in [0.1, 0.15) is 0 Å². The lowest BCUT2D eigenvalue weighted by atomic mass is 9.80. The van der Waals surface area contributed by atoms with E-state index in [0.29, 0.717) is 6.04 Å².